The first kappa shape index (κ1) is 25.7. The number of carbonyl (C=O) groups excluding carboxylic acids is 1. The number of hydrogen-bond donors (Lipinski definition) is 3. The minimum Gasteiger partial charge on any atom is -1.00 e. The van der Waals surface area contributed by atoms with Gasteiger partial charge in [-0.2, -0.15) is 0 Å². The first-order valence-corrected chi connectivity index (χ1v) is 10.7. The third kappa shape index (κ3) is 6.17. The second kappa shape index (κ2) is 11.5. The van der Waals surface area contributed by atoms with E-state index in [0.29, 0.717) is 35.1 Å². The highest BCUT2D eigenvalue weighted by molar-refractivity contribution is 5.95. The van der Waals surface area contributed by atoms with Gasteiger partial charge in [-0.3, -0.25) is 4.79 Å². The number of benzene rings is 3. The molecule has 5 N–H and O–H groups in total. The molecule has 1 unspecified atom stereocenters. The number of phenolic OH excluding ortho intramolecular Hbond substituents is 1. The number of phenols is 1. The molecule has 3 aromatic carbocycles. The predicted molar refractivity (Wildman–Crippen MR) is 128 cm³/mol. The highest BCUT2D eigenvalue weighted by Gasteiger charge is 2.21. The van der Waals surface area contributed by atoms with Crippen molar-refractivity contribution in [3.8, 4) is 28.7 Å². The van der Waals surface area contributed by atoms with Crippen LogP contribution >= 0.6 is 0 Å². The van der Waals surface area contributed by atoms with Crippen molar-refractivity contribution in [2.45, 2.75) is 12.5 Å². The largest absolute Gasteiger partial charge is 1.00 e. The summed E-state index contributed by atoms with van der Waals surface area (Å²) in [5, 5.41) is 12.3. The van der Waals surface area contributed by atoms with Crippen LogP contribution in [0.2, 0.25) is 0 Å². The SMILES string of the molecule is COc1ccc(/C=C\c2cc(OC)c3c(c2)OCO3)cc1NC(=O)C([NH3+])Cc1ccc(O)cc1.[Cl-]. The number of quaternary nitrogens is 1. The molecule has 0 aliphatic carbocycles. The van der Waals surface area contributed by atoms with Gasteiger partial charge in [-0.05, 0) is 53.1 Å². The molecular weight excluding hydrogens is 472 g/mol. The fraction of sp³-hybridized carbons (Fsp3) is 0.192. The molecule has 0 spiro atoms. The summed E-state index contributed by atoms with van der Waals surface area (Å²) in [5.74, 6) is 2.34. The summed E-state index contributed by atoms with van der Waals surface area (Å²) < 4.78 is 21.7. The summed E-state index contributed by atoms with van der Waals surface area (Å²) in [7, 11) is 3.14. The molecule has 1 aliphatic rings. The lowest BCUT2D eigenvalue weighted by Gasteiger charge is -2.13. The van der Waals surface area contributed by atoms with E-state index in [0.717, 1.165) is 16.7 Å². The fourth-order valence-corrected chi connectivity index (χ4v) is 3.61. The van der Waals surface area contributed by atoms with Crippen LogP contribution in [0.5, 0.6) is 28.7 Å². The maximum atomic E-state index is 12.8. The van der Waals surface area contributed by atoms with E-state index in [9.17, 15) is 9.90 Å². The molecule has 3 aromatic rings. The zero-order chi connectivity index (χ0) is 24.1. The Morgan fingerprint density at radius 3 is 2.46 bits per heavy atom. The summed E-state index contributed by atoms with van der Waals surface area (Å²) in [6.45, 7) is 0.167. The second-order valence-corrected chi connectivity index (χ2v) is 7.81. The van der Waals surface area contributed by atoms with Crippen LogP contribution in [0.1, 0.15) is 16.7 Å². The molecular formula is C26H27ClN2O6. The number of amides is 1. The third-order valence-electron chi connectivity index (χ3n) is 5.42. The number of aromatic hydroxyl groups is 1. The lowest BCUT2D eigenvalue weighted by atomic mass is 10.1. The number of nitrogens with one attached hydrogen (secondary N) is 1. The Balaban J connectivity index is 0.00000342. The van der Waals surface area contributed by atoms with Crippen LogP contribution in [-0.2, 0) is 11.2 Å². The Labute approximate surface area is 209 Å². The maximum Gasteiger partial charge on any atom is 0.282 e. The lowest BCUT2D eigenvalue weighted by Crippen LogP contribution is -3.00. The summed E-state index contributed by atoms with van der Waals surface area (Å²) in [6.07, 6.45) is 4.29. The van der Waals surface area contributed by atoms with Gasteiger partial charge < -0.3 is 47.5 Å². The normalized spacial score (nSPS) is 12.7. The van der Waals surface area contributed by atoms with Crippen molar-refractivity contribution >= 4 is 23.7 Å². The molecule has 0 radical (unpaired) electrons. The molecule has 1 heterocycles. The van der Waals surface area contributed by atoms with Gasteiger partial charge in [0.2, 0.25) is 12.5 Å². The molecule has 1 aliphatic heterocycles. The number of hydrogen-bond acceptors (Lipinski definition) is 6. The van der Waals surface area contributed by atoms with Gasteiger partial charge in [0.15, 0.2) is 17.5 Å². The van der Waals surface area contributed by atoms with Gasteiger partial charge in [0.25, 0.3) is 5.91 Å². The van der Waals surface area contributed by atoms with Gasteiger partial charge in [0, 0.05) is 6.42 Å². The standard InChI is InChI=1S/C26H26N2O6.ClH/c1-31-22-10-7-17(3-4-18-13-23(32-2)25-24(14-18)33-15-34-25)12-21(22)28-26(30)20(27)11-16-5-8-19(29)9-6-16;/h3-10,12-14,20,29H,11,15,27H2,1-2H3,(H,28,30);1H/b4-3-;. The van der Waals surface area contributed by atoms with Crippen molar-refractivity contribution in [1.82, 2.24) is 0 Å². The summed E-state index contributed by atoms with van der Waals surface area (Å²) in [5.41, 5.74) is 7.20. The van der Waals surface area contributed by atoms with Crippen molar-refractivity contribution in [1.29, 1.82) is 0 Å². The Morgan fingerprint density at radius 1 is 1.03 bits per heavy atom. The first-order valence-electron chi connectivity index (χ1n) is 10.7. The van der Waals surface area contributed by atoms with Crippen LogP contribution in [0.25, 0.3) is 12.2 Å². The number of rotatable bonds is 8. The minimum atomic E-state index is -0.519. The highest BCUT2D eigenvalue weighted by atomic mass is 35.5. The number of methoxy groups -OCH3 is 2. The molecule has 1 atom stereocenters. The average molecular weight is 499 g/mol. The summed E-state index contributed by atoms with van der Waals surface area (Å²) in [4.78, 5) is 12.8. The van der Waals surface area contributed by atoms with E-state index in [1.54, 1.807) is 44.6 Å². The van der Waals surface area contributed by atoms with Gasteiger partial charge in [-0.1, -0.05) is 30.4 Å². The fourth-order valence-electron chi connectivity index (χ4n) is 3.61. The minimum absolute atomic E-state index is 0. The van der Waals surface area contributed by atoms with Gasteiger partial charge in [0.1, 0.15) is 11.5 Å². The third-order valence-corrected chi connectivity index (χ3v) is 5.42. The smallest absolute Gasteiger partial charge is 0.282 e. The van der Waals surface area contributed by atoms with Crippen molar-refractivity contribution in [2.24, 2.45) is 0 Å². The van der Waals surface area contributed by atoms with Crippen molar-refractivity contribution < 1.29 is 47.0 Å². The molecule has 4 rings (SSSR count). The van der Waals surface area contributed by atoms with E-state index in [2.05, 4.69) is 11.1 Å². The van der Waals surface area contributed by atoms with Gasteiger partial charge in [0.05, 0.1) is 19.9 Å². The van der Waals surface area contributed by atoms with Crippen LogP contribution in [-0.4, -0.2) is 38.1 Å². The monoisotopic (exact) mass is 498 g/mol. The maximum absolute atomic E-state index is 12.8. The van der Waals surface area contributed by atoms with E-state index in [-0.39, 0.29) is 30.9 Å². The molecule has 184 valence electrons. The first-order chi connectivity index (χ1) is 16.5. The Morgan fingerprint density at radius 2 is 1.74 bits per heavy atom. The van der Waals surface area contributed by atoms with Gasteiger partial charge in [-0.25, -0.2) is 0 Å². The average Bonchev–Trinajstić information content (AvgIpc) is 3.32. The van der Waals surface area contributed by atoms with Gasteiger partial charge in [-0.15, -0.1) is 0 Å². The number of halogens is 1. The van der Waals surface area contributed by atoms with Crippen LogP contribution in [0.15, 0.2) is 54.6 Å². The van der Waals surface area contributed by atoms with E-state index in [1.165, 1.54) is 0 Å². The lowest BCUT2D eigenvalue weighted by molar-refractivity contribution is -0.402. The van der Waals surface area contributed by atoms with Gasteiger partial charge >= 0.3 is 0 Å². The highest BCUT2D eigenvalue weighted by Crippen LogP contribution is 2.42. The van der Waals surface area contributed by atoms with Crippen LogP contribution in [0, 0.1) is 0 Å². The van der Waals surface area contributed by atoms with E-state index in [1.807, 2.05) is 36.4 Å². The molecule has 35 heavy (non-hydrogen) atoms. The quantitative estimate of drug-likeness (QED) is 0.380. The molecule has 0 aromatic heterocycles. The van der Waals surface area contributed by atoms with E-state index >= 15 is 0 Å². The Bertz CT molecular complexity index is 1210. The van der Waals surface area contributed by atoms with Crippen molar-refractivity contribution in [2.75, 3.05) is 26.3 Å². The van der Waals surface area contributed by atoms with Crippen molar-refractivity contribution in [3.63, 3.8) is 0 Å². The van der Waals surface area contributed by atoms with E-state index in [4.69, 9.17) is 18.9 Å². The molecule has 8 nitrogen and oxygen atoms in total. The Kier molecular flexibility index (Phi) is 8.46. The number of ether oxygens (including phenoxy) is 4. The molecule has 1 amide bonds. The summed E-state index contributed by atoms with van der Waals surface area (Å²) >= 11 is 0. The summed E-state index contributed by atoms with van der Waals surface area (Å²) in [6, 6.07) is 15.5. The second-order valence-electron chi connectivity index (χ2n) is 7.81. The number of fused-ring (bicyclic) bond motifs is 1. The van der Waals surface area contributed by atoms with Crippen LogP contribution in [0.4, 0.5) is 5.69 Å². The predicted octanol–water partition coefficient (Wildman–Crippen LogP) is 0.104. The van der Waals surface area contributed by atoms with Crippen molar-refractivity contribution in [3.05, 3.63) is 71.3 Å². The zero-order valence-corrected chi connectivity index (χ0v) is 20.2. The molecule has 0 saturated heterocycles. The molecule has 9 heteroatoms. The number of anilines is 1. The zero-order valence-electron chi connectivity index (χ0n) is 19.4. The van der Waals surface area contributed by atoms with E-state index < -0.39 is 6.04 Å². The topological polar surface area (TPSA) is 114 Å². The molecule has 0 saturated carbocycles. The molecule has 0 bridgehead atoms. The molecule has 0 fully saturated rings. The van der Waals surface area contributed by atoms with Crippen LogP contribution < -0.4 is 42.4 Å². The Hall–Kier alpha value is -3.88. The van der Waals surface area contributed by atoms with Crippen LogP contribution in [0.3, 0.4) is 0 Å². The number of carbonyl (C=O) groups is 1.